The van der Waals surface area contributed by atoms with Gasteiger partial charge in [0, 0.05) is 9.86 Å². The zero-order valence-corrected chi connectivity index (χ0v) is 16.5. The second kappa shape index (κ2) is 8.31. The lowest BCUT2D eigenvalue weighted by atomic mass is 10.1. The monoisotopic (exact) mass is 436 g/mol. The number of esters is 1. The lowest BCUT2D eigenvalue weighted by Gasteiger charge is -2.07. The van der Waals surface area contributed by atoms with Crippen molar-refractivity contribution in [1.29, 1.82) is 0 Å². The van der Waals surface area contributed by atoms with Crippen molar-refractivity contribution in [2.45, 2.75) is 13.2 Å². The summed E-state index contributed by atoms with van der Waals surface area (Å²) in [6.45, 7) is 0.381. The molecule has 0 aliphatic rings. The van der Waals surface area contributed by atoms with Crippen LogP contribution in [0.25, 0.3) is 11.0 Å². The zero-order valence-electron chi connectivity index (χ0n) is 14.9. The van der Waals surface area contributed by atoms with Gasteiger partial charge in [-0.15, -0.1) is 0 Å². The van der Waals surface area contributed by atoms with Crippen molar-refractivity contribution in [2.75, 3.05) is 0 Å². The fourth-order valence-corrected chi connectivity index (χ4v) is 3.14. The molecule has 0 unspecified atom stereocenters. The number of carbonyl (C=O) groups is 1. The molecule has 0 radical (unpaired) electrons. The second-order valence-electron chi connectivity index (χ2n) is 6.21. The third kappa shape index (κ3) is 4.10. The van der Waals surface area contributed by atoms with E-state index in [4.69, 9.17) is 13.9 Å². The maximum atomic E-state index is 12.7. The van der Waals surface area contributed by atoms with Gasteiger partial charge in [0.05, 0.1) is 5.56 Å². The minimum absolute atomic E-state index is 0.169. The Morgan fingerprint density at radius 1 is 0.857 bits per heavy atom. The summed E-state index contributed by atoms with van der Waals surface area (Å²) in [7, 11) is 0. The smallest absolute Gasteiger partial charge is 0.375 e. The van der Waals surface area contributed by atoms with Crippen molar-refractivity contribution in [3.8, 4) is 5.75 Å². The molecule has 0 aliphatic carbocycles. The quantitative estimate of drug-likeness (QED) is 0.341. The first-order valence-electron chi connectivity index (χ1n) is 8.80. The maximum Gasteiger partial charge on any atom is 0.375 e. The van der Waals surface area contributed by atoms with Gasteiger partial charge >= 0.3 is 5.97 Å². The van der Waals surface area contributed by atoms with Crippen LogP contribution in [0.2, 0.25) is 0 Å². The number of fused-ring (bicyclic) bond motifs is 1. The highest BCUT2D eigenvalue weighted by Crippen LogP contribution is 2.28. The maximum absolute atomic E-state index is 12.7. The molecule has 4 aromatic rings. The van der Waals surface area contributed by atoms with E-state index in [0.29, 0.717) is 11.1 Å². The Morgan fingerprint density at radius 2 is 1.57 bits per heavy atom. The summed E-state index contributed by atoms with van der Waals surface area (Å²) in [6, 6.07) is 24.6. The average molecular weight is 437 g/mol. The SMILES string of the molecule is O=C(OCc1ccc(Br)cc1)c1oc2ccccc2c1COc1ccccc1. The minimum Gasteiger partial charge on any atom is -0.489 e. The number of rotatable bonds is 6. The van der Waals surface area contributed by atoms with Crippen molar-refractivity contribution in [3.05, 3.63) is 100 Å². The van der Waals surface area contributed by atoms with Crippen LogP contribution < -0.4 is 4.74 Å². The largest absolute Gasteiger partial charge is 0.489 e. The molecule has 140 valence electrons. The molecule has 0 amide bonds. The molecule has 1 aromatic heterocycles. The van der Waals surface area contributed by atoms with Crippen molar-refractivity contribution in [2.24, 2.45) is 0 Å². The number of hydrogen-bond donors (Lipinski definition) is 0. The molecule has 4 nitrogen and oxygen atoms in total. The minimum atomic E-state index is -0.509. The highest BCUT2D eigenvalue weighted by molar-refractivity contribution is 9.10. The Morgan fingerprint density at radius 3 is 2.36 bits per heavy atom. The van der Waals surface area contributed by atoms with Crippen molar-refractivity contribution >= 4 is 32.9 Å². The molecule has 1 heterocycles. The third-order valence-electron chi connectivity index (χ3n) is 4.29. The van der Waals surface area contributed by atoms with Gasteiger partial charge in [-0.3, -0.25) is 0 Å². The molecule has 0 atom stereocenters. The molecule has 0 N–H and O–H groups in total. The molecule has 4 rings (SSSR count). The molecule has 0 fully saturated rings. The van der Waals surface area contributed by atoms with Crippen LogP contribution in [0.5, 0.6) is 5.75 Å². The molecule has 0 saturated carbocycles. The average Bonchev–Trinajstić information content (AvgIpc) is 3.11. The third-order valence-corrected chi connectivity index (χ3v) is 4.82. The zero-order chi connectivity index (χ0) is 19.3. The molecular formula is C23H17BrO4. The van der Waals surface area contributed by atoms with Gasteiger partial charge < -0.3 is 13.9 Å². The van der Waals surface area contributed by atoms with Crippen LogP contribution in [0.4, 0.5) is 0 Å². The molecule has 5 heteroatoms. The molecule has 0 spiro atoms. The lowest BCUT2D eigenvalue weighted by Crippen LogP contribution is -2.08. The number of halogens is 1. The fraction of sp³-hybridized carbons (Fsp3) is 0.0870. The van der Waals surface area contributed by atoms with Crippen LogP contribution in [0, 0.1) is 0 Å². The standard InChI is InChI=1S/C23H17BrO4/c24-17-12-10-16(11-13-17)14-27-23(25)22-20(15-26-18-6-2-1-3-7-18)19-8-4-5-9-21(19)28-22/h1-13H,14-15H2. The van der Waals surface area contributed by atoms with E-state index < -0.39 is 5.97 Å². The Labute approximate surface area is 170 Å². The van der Waals surface area contributed by atoms with Gasteiger partial charge in [0.2, 0.25) is 5.76 Å². The summed E-state index contributed by atoms with van der Waals surface area (Å²) < 4.78 is 18.1. The highest BCUT2D eigenvalue weighted by Gasteiger charge is 2.22. The summed E-state index contributed by atoms with van der Waals surface area (Å²) in [4.78, 5) is 12.7. The first-order valence-corrected chi connectivity index (χ1v) is 9.60. The van der Waals surface area contributed by atoms with Crippen molar-refractivity contribution < 1.29 is 18.7 Å². The molecular weight excluding hydrogens is 420 g/mol. The first kappa shape index (κ1) is 18.3. The molecule has 3 aromatic carbocycles. The Bertz CT molecular complexity index is 1080. The Hall–Kier alpha value is -3.05. The summed E-state index contributed by atoms with van der Waals surface area (Å²) in [5, 5.41) is 0.842. The number of hydrogen-bond acceptors (Lipinski definition) is 4. The normalized spacial score (nSPS) is 10.8. The second-order valence-corrected chi connectivity index (χ2v) is 7.13. The van der Waals surface area contributed by atoms with Crippen LogP contribution >= 0.6 is 15.9 Å². The van der Waals surface area contributed by atoms with E-state index in [1.807, 2.05) is 78.9 Å². The van der Waals surface area contributed by atoms with Gasteiger partial charge in [-0.1, -0.05) is 64.5 Å². The van der Waals surface area contributed by atoms with Crippen molar-refractivity contribution in [1.82, 2.24) is 0 Å². The van der Waals surface area contributed by atoms with E-state index in [0.717, 1.165) is 21.2 Å². The Kier molecular flexibility index (Phi) is 5.44. The number of benzene rings is 3. The number of ether oxygens (including phenoxy) is 2. The van der Waals surface area contributed by atoms with Crippen molar-refractivity contribution in [3.63, 3.8) is 0 Å². The van der Waals surface area contributed by atoms with Gasteiger partial charge in [0.25, 0.3) is 0 Å². The van der Waals surface area contributed by atoms with Crippen LogP contribution in [-0.2, 0) is 18.0 Å². The van der Waals surface area contributed by atoms with E-state index in [-0.39, 0.29) is 19.0 Å². The predicted octanol–water partition coefficient (Wildman–Crippen LogP) is 6.13. The van der Waals surface area contributed by atoms with Gasteiger partial charge in [-0.2, -0.15) is 0 Å². The molecule has 0 saturated heterocycles. The van der Waals surface area contributed by atoms with Gasteiger partial charge in [-0.25, -0.2) is 4.79 Å². The summed E-state index contributed by atoms with van der Waals surface area (Å²) in [6.07, 6.45) is 0. The van der Waals surface area contributed by atoms with Gasteiger partial charge in [0.1, 0.15) is 24.5 Å². The lowest BCUT2D eigenvalue weighted by molar-refractivity contribution is 0.0435. The number of furan rings is 1. The number of para-hydroxylation sites is 2. The number of carbonyl (C=O) groups excluding carboxylic acids is 1. The fourth-order valence-electron chi connectivity index (χ4n) is 2.87. The van der Waals surface area contributed by atoms with E-state index in [9.17, 15) is 4.79 Å². The van der Waals surface area contributed by atoms with Crippen LogP contribution in [0.15, 0.2) is 87.8 Å². The highest BCUT2D eigenvalue weighted by atomic mass is 79.9. The van der Waals surface area contributed by atoms with Crippen LogP contribution in [0.1, 0.15) is 21.7 Å². The van der Waals surface area contributed by atoms with E-state index in [1.54, 1.807) is 0 Å². The molecule has 0 bridgehead atoms. The van der Waals surface area contributed by atoms with Crippen LogP contribution in [0.3, 0.4) is 0 Å². The van der Waals surface area contributed by atoms with E-state index >= 15 is 0 Å². The van der Waals surface area contributed by atoms with E-state index in [1.165, 1.54) is 0 Å². The summed E-state index contributed by atoms with van der Waals surface area (Å²) >= 11 is 3.39. The predicted molar refractivity (Wildman–Crippen MR) is 110 cm³/mol. The van der Waals surface area contributed by atoms with Crippen LogP contribution in [-0.4, -0.2) is 5.97 Å². The molecule has 0 aliphatic heterocycles. The van der Waals surface area contributed by atoms with Gasteiger partial charge in [-0.05, 0) is 35.9 Å². The molecule has 28 heavy (non-hydrogen) atoms. The Balaban J connectivity index is 1.56. The summed E-state index contributed by atoms with van der Waals surface area (Å²) in [5.74, 6) is 0.391. The van der Waals surface area contributed by atoms with Gasteiger partial charge in [0.15, 0.2) is 0 Å². The summed E-state index contributed by atoms with van der Waals surface area (Å²) in [5.41, 5.74) is 2.21. The van der Waals surface area contributed by atoms with E-state index in [2.05, 4.69) is 15.9 Å². The first-order chi connectivity index (χ1) is 13.7. The topological polar surface area (TPSA) is 48.7 Å².